The first-order chi connectivity index (χ1) is 8.08. The van der Waals surface area contributed by atoms with Crippen LogP contribution in [0.4, 0.5) is 0 Å². The number of ether oxygens (including phenoxy) is 1. The molecule has 0 aliphatic rings. The van der Waals surface area contributed by atoms with Crippen molar-refractivity contribution in [2.75, 3.05) is 6.61 Å². The first kappa shape index (κ1) is 13.2. The summed E-state index contributed by atoms with van der Waals surface area (Å²) in [7, 11) is 0. The van der Waals surface area contributed by atoms with Crippen LogP contribution in [0.25, 0.3) is 6.08 Å². The highest BCUT2D eigenvalue weighted by Crippen LogP contribution is 2.20. The zero-order valence-electron chi connectivity index (χ0n) is 10.4. The van der Waals surface area contributed by atoms with E-state index in [1.807, 2.05) is 32.0 Å². The van der Waals surface area contributed by atoms with Crippen molar-refractivity contribution in [1.82, 2.24) is 0 Å². The Morgan fingerprint density at radius 2 is 2.18 bits per heavy atom. The number of aryl methyl sites for hydroxylation is 1. The first-order valence-electron chi connectivity index (χ1n) is 5.66. The largest absolute Gasteiger partial charge is 0.494 e. The summed E-state index contributed by atoms with van der Waals surface area (Å²) >= 11 is 0. The molecular weight excluding hydrogens is 218 g/mol. The molecule has 0 aromatic heterocycles. The van der Waals surface area contributed by atoms with Gasteiger partial charge in [0, 0.05) is 12.5 Å². The Kier molecular flexibility index (Phi) is 4.69. The van der Waals surface area contributed by atoms with Crippen LogP contribution in [0.2, 0.25) is 0 Å². The molecule has 4 nitrogen and oxygen atoms in total. The Morgan fingerprint density at radius 3 is 2.65 bits per heavy atom. The number of allylic oxidation sites excluding steroid dienone is 1. The molecule has 0 spiro atoms. The van der Waals surface area contributed by atoms with E-state index in [1.54, 1.807) is 13.0 Å². The third kappa shape index (κ3) is 3.59. The van der Waals surface area contributed by atoms with Gasteiger partial charge in [-0.05, 0) is 37.1 Å². The maximum Gasteiger partial charge on any atom is 0.246 e. The van der Waals surface area contributed by atoms with E-state index in [2.05, 4.69) is 0 Å². The number of nitrogens with zero attached hydrogens (tertiary/aromatic N) is 1. The highest BCUT2D eigenvalue weighted by Gasteiger charge is 2.08. The minimum Gasteiger partial charge on any atom is -0.494 e. The Bertz CT molecular complexity index is 438. The van der Waals surface area contributed by atoms with Gasteiger partial charge in [0.1, 0.15) is 5.75 Å². The molecule has 17 heavy (non-hydrogen) atoms. The van der Waals surface area contributed by atoms with Crippen LogP contribution in [-0.2, 0) is 0 Å². The summed E-state index contributed by atoms with van der Waals surface area (Å²) in [5.74, 6) is 0.793. The average Bonchev–Trinajstić information content (AvgIpc) is 2.28. The van der Waals surface area contributed by atoms with Gasteiger partial charge in [0.25, 0.3) is 0 Å². The Balaban J connectivity index is 3.03. The third-order valence-electron chi connectivity index (χ3n) is 2.47. The summed E-state index contributed by atoms with van der Waals surface area (Å²) in [4.78, 5) is 10.4. The van der Waals surface area contributed by atoms with Gasteiger partial charge in [-0.3, -0.25) is 10.1 Å². The fourth-order valence-corrected chi connectivity index (χ4v) is 1.53. The Labute approximate surface area is 101 Å². The molecular formula is C13H17NO3. The first-order valence-corrected chi connectivity index (χ1v) is 5.66. The predicted molar refractivity (Wildman–Crippen MR) is 67.6 cm³/mol. The number of nitro groups is 1. The lowest BCUT2D eigenvalue weighted by atomic mass is 10.1. The molecule has 1 aromatic rings. The molecule has 0 unspecified atom stereocenters. The molecule has 0 heterocycles. The van der Waals surface area contributed by atoms with E-state index in [0.717, 1.165) is 16.9 Å². The van der Waals surface area contributed by atoms with Crippen LogP contribution in [0.3, 0.4) is 0 Å². The van der Waals surface area contributed by atoms with Crippen LogP contribution < -0.4 is 4.74 Å². The van der Waals surface area contributed by atoms with E-state index in [0.29, 0.717) is 13.0 Å². The van der Waals surface area contributed by atoms with Crippen LogP contribution in [-0.4, -0.2) is 11.5 Å². The second-order valence-corrected chi connectivity index (χ2v) is 3.70. The van der Waals surface area contributed by atoms with Crippen LogP contribution in [0, 0.1) is 17.0 Å². The molecule has 92 valence electrons. The Morgan fingerprint density at radius 1 is 1.47 bits per heavy atom. The van der Waals surface area contributed by atoms with Crippen molar-refractivity contribution in [2.24, 2.45) is 0 Å². The van der Waals surface area contributed by atoms with Gasteiger partial charge in [-0.25, -0.2) is 0 Å². The van der Waals surface area contributed by atoms with Crippen molar-refractivity contribution in [3.63, 3.8) is 0 Å². The summed E-state index contributed by atoms with van der Waals surface area (Å²) in [5.41, 5.74) is 2.06. The van der Waals surface area contributed by atoms with E-state index < -0.39 is 0 Å². The topological polar surface area (TPSA) is 52.4 Å². The minimum atomic E-state index is -0.337. The maximum absolute atomic E-state index is 10.7. The number of benzene rings is 1. The lowest BCUT2D eigenvalue weighted by molar-refractivity contribution is -0.425. The molecule has 1 rings (SSSR count). The second-order valence-electron chi connectivity index (χ2n) is 3.70. The van der Waals surface area contributed by atoms with Crippen LogP contribution in [0.1, 0.15) is 31.4 Å². The lowest BCUT2D eigenvalue weighted by Crippen LogP contribution is -1.97. The van der Waals surface area contributed by atoms with E-state index in [-0.39, 0.29) is 10.6 Å². The molecule has 0 N–H and O–H groups in total. The predicted octanol–water partition coefficient (Wildman–Crippen LogP) is 3.42. The fourth-order valence-electron chi connectivity index (χ4n) is 1.53. The third-order valence-corrected chi connectivity index (χ3v) is 2.47. The molecule has 0 amide bonds. The van der Waals surface area contributed by atoms with Gasteiger partial charge in [0.15, 0.2) is 0 Å². The van der Waals surface area contributed by atoms with Crippen molar-refractivity contribution in [3.05, 3.63) is 45.1 Å². The molecule has 0 saturated carbocycles. The summed E-state index contributed by atoms with van der Waals surface area (Å²) in [5, 5.41) is 10.7. The average molecular weight is 235 g/mol. The maximum atomic E-state index is 10.7. The van der Waals surface area contributed by atoms with Crippen LogP contribution >= 0.6 is 0 Å². The van der Waals surface area contributed by atoms with E-state index in [4.69, 9.17) is 4.74 Å². The monoisotopic (exact) mass is 235 g/mol. The van der Waals surface area contributed by atoms with Crippen molar-refractivity contribution in [2.45, 2.75) is 27.2 Å². The highest BCUT2D eigenvalue weighted by atomic mass is 16.6. The zero-order chi connectivity index (χ0) is 12.8. The van der Waals surface area contributed by atoms with E-state index >= 15 is 0 Å². The molecule has 1 aromatic carbocycles. The molecule has 0 radical (unpaired) electrons. The van der Waals surface area contributed by atoms with Gasteiger partial charge in [-0.2, -0.15) is 0 Å². The highest BCUT2D eigenvalue weighted by molar-refractivity contribution is 5.56. The summed E-state index contributed by atoms with van der Waals surface area (Å²) in [6.07, 6.45) is 2.03. The Hall–Kier alpha value is -1.84. The second kappa shape index (κ2) is 6.03. The summed E-state index contributed by atoms with van der Waals surface area (Å²) < 4.78 is 5.37. The van der Waals surface area contributed by atoms with Gasteiger partial charge in [-0.1, -0.05) is 13.0 Å². The molecule has 0 atom stereocenters. The lowest BCUT2D eigenvalue weighted by Gasteiger charge is -2.06. The van der Waals surface area contributed by atoms with Gasteiger partial charge in [-0.15, -0.1) is 0 Å². The molecule has 4 heteroatoms. The van der Waals surface area contributed by atoms with Gasteiger partial charge in [0.05, 0.1) is 11.5 Å². The van der Waals surface area contributed by atoms with Crippen molar-refractivity contribution in [1.29, 1.82) is 0 Å². The molecule has 0 saturated heterocycles. The van der Waals surface area contributed by atoms with Crippen molar-refractivity contribution < 1.29 is 9.66 Å². The van der Waals surface area contributed by atoms with Crippen molar-refractivity contribution >= 4 is 6.08 Å². The normalized spacial score (nSPS) is 11.4. The van der Waals surface area contributed by atoms with Crippen LogP contribution in [0.15, 0.2) is 23.9 Å². The van der Waals surface area contributed by atoms with Gasteiger partial charge < -0.3 is 4.74 Å². The SMILES string of the molecule is CCOc1ccc(C=C(CC)[N+](=O)[O-])c(C)c1. The molecule has 0 aliphatic heterocycles. The quantitative estimate of drug-likeness (QED) is 0.580. The van der Waals surface area contributed by atoms with E-state index in [9.17, 15) is 10.1 Å². The standard InChI is InChI=1S/C13H17NO3/c1-4-12(14(15)16)9-11-6-7-13(17-5-2)8-10(11)3/h6-9H,4-5H2,1-3H3. The van der Waals surface area contributed by atoms with Crippen LogP contribution in [0.5, 0.6) is 5.75 Å². The summed E-state index contributed by atoms with van der Waals surface area (Å²) in [6.45, 7) is 6.23. The van der Waals surface area contributed by atoms with Gasteiger partial charge in [0.2, 0.25) is 5.70 Å². The summed E-state index contributed by atoms with van der Waals surface area (Å²) in [6, 6.07) is 5.57. The molecule has 0 fully saturated rings. The zero-order valence-corrected chi connectivity index (χ0v) is 10.4. The van der Waals surface area contributed by atoms with E-state index in [1.165, 1.54) is 0 Å². The number of hydrogen-bond donors (Lipinski definition) is 0. The molecule has 0 aliphatic carbocycles. The number of hydrogen-bond acceptors (Lipinski definition) is 3. The van der Waals surface area contributed by atoms with Gasteiger partial charge >= 0.3 is 0 Å². The minimum absolute atomic E-state index is 0.220. The number of rotatable bonds is 5. The molecule has 0 bridgehead atoms. The van der Waals surface area contributed by atoms with Crippen molar-refractivity contribution in [3.8, 4) is 5.75 Å². The fraction of sp³-hybridized carbons (Fsp3) is 0.385. The smallest absolute Gasteiger partial charge is 0.246 e.